The van der Waals surface area contributed by atoms with Crippen molar-refractivity contribution in [1.82, 2.24) is 15.1 Å². The van der Waals surface area contributed by atoms with Crippen LogP contribution in [0.3, 0.4) is 0 Å². The minimum absolute atomic E-state index is 0.230. The molecule has 0 aliphatic carbocycles. The van der Waals surface area contributed by atoms with Gasteiger partial charge in [0.2, 0.25) is 0 Å². The van der Waals surface area contributed by atoms with Gasteiger partial charge in [0.25, 0.3) is 0 Å². The van der Waals surface area contributed by atoms with Gasteiger partial charge < -0.3 is 15.0 Å². The molecule has 1 aliphatic rings. The Bertz CT molecular complexity index is 742. The predicted molar refractivity (Wildman–Crippen MR) is 108 cm³/mol. The van der Waals surface area contributed by atoms with Crippen LogP contribution in [-0.4, -0.2) is 56.1 Å². The van der Waals surface area contributed by atoms with E-state index in [4.69, 9.17) is 4.74 Å². The van der Waals surface area contributed by atoms with Gasteiger partial charge in [0.05, 0.1) is 6.61 Å². The molecule has 1 saturated heterocycles. The second-order valence-corrected chi connectivity index (χ2v) is 7.63. The lowest BCUT2D eigenvalue weighted by Crippen LogP contribution is -2.51. The van der Waals surface area contributed by atoms with Crippen LogP contribution in [0.25, 0.3) is 0 Å². The molecule has 2 heterocycles. The van der Waals surface area contributed by atoms with Crippen LogP contribution in [0.4, 0.5) is 4.39 Å². The summed E-state index contributed by atoms with van der Waals surface area (Å²) in [6.07, 6.45) is 0. The quantitative estimate of drug-likeness (QED) is 0.608. The standard InChI is InChI=1S/C20H27FN4OS/c1-22-20(23-13-16-5-6-19(21)17(12-16)15-26-2)25-9-7-24(8-10-25)14-18-4-3-11-27-18/h3-6,11-12H,7-10,13-15H2,1-2H3,(H,22,23). The summed E-state index contributed by atoms with van der Waals surface area (Å²) in [5.41, 5.74) is 1.59. The lowest BCUT2D eigenvalue weighted by atomic mass is 10.1. The molecule has 2 aromatic rings. The molecule has 3 rings (SSSR count). The van der Waals surface area contributed by atoms with Crippen molar-refractivity contribution in [3.63, 3.8) is 0 Å². The molecule has 1 aliphatic heterocycles. The number of benzene rings is 1. The van der Waals surface area contributed by atoms with E-state index in [2.05, 4.69) is 37.6 Å². The topological polar surface area (TPSA) is 40.1 Å². The molecular weight excluding hydrogens is 363 g/mol. The van der Waals surface area contributed by atoms with Crippen LogP contribution >= 0.6 is 11.3 Å². The Hall–Kier alpha value is -1.96. The number of nitrogens with one attached hydrogen (secondary N) is 1. The highest BCUT2D eigenvalue weighted by molar-refractivity contribution is 7.09. The summed E-state index contributed by atoms with van der Waals surface area (Å²) in [7, 11) is 3.38. The van der Waals surface area contributed by atoms with E-state index in [0.717, 1.165) is 44.2 Å². The van der Waals surface area contributed by atoms with Gasteiger partial charge in [-0.3, -0.25) is 9.89 Å². The molecule has 146 valence electrons. The average molecular weight is 391 g/mol. The van der Waals surface area contributed by atoms with Crippen molar-refractivity contribution in [3.8, 4) is 0 Å². The minimum Gasteiger partial charge on any atom is -0.380 e. The highest BCUT2D eigenvalue weighted by Crippen LogP contribution is 2.14. The molecule has 1 fully saturated rings. The van der Waals surface area contributed by atoms with E-state index in [9.17, 15) is 4.39 Å². The number of methoxy groups -OCH3 is 1. The summed E-state index contributed by atoms with van der Waals surface area (Å²) in [5, 5.41) is 5.53. The molecule has 0 radical (unpaired) electrons. The van der Waals surface area contributed by atoms with Crippen molar-refractivity contribution < 1.29 is 9.13 Å². The fourth-order valence-electron chi connectivity index (χ4n) is 3.26. The van der Waals surface area contributed by atoms with Gasteiger partial charge in [0.1, 0.15) is 5.82 Å². The Balaban J connectivity index is 1.50. The van der Waals surface area contributed by atoms with Crippen LogP contribution in [0.15, 0.2) is 40.7 Å². The van der Waals surface area contributed by atoms with Gasteiger partial charge in [-0.25, -0.2) is 4.39 Å². The number of nitrogens with zero attached hydrogens (tertiary/aromatic N) is 3. The zero-order chi connectivity index (χ0) is 19.1. The van der Waals surface area contributed by atoms with E-state index in [-0.39, 0.29) is 12.4 Å². The summed E-state index contributed by atoms with van der Waals surface area (Å²) in [6.45, 7) is 5.85. The van der Waals surface area contributed by atoms with Crippen molar-refractivity contribution in [2.45, 2.75) is 19.7 Å². The Morgan fingerprint density at radius 3 is 2.74 bits per heavy atom. The number of rotatable bonds is 6. The third-order valence-corrected chi connectivity index (χ3v) is 5.56. The average Bonchev–Trinajstić information content (AvgIpc) is 3.19. The van der Waals surface area contributed by atoms with Gasteiger partial charge in [0.15, 0.2) is 5.96 Å². The number of thiophene rings is 1. The smallest absolute Gasteiger partial charge is 0.194 e. The van der Waals surface area contributed by atoms with Crippen LogP contribution in [0, 0.1) is 5.82 Å². The molecule has 0 saturated carbocycles. The molecule has 1 aromatic heterocycles. The lowest BCUT2D eigenvalue weighted by molar-refractivity contribution is 0.173. The first kappa shape index (κ1) is 19.8. The highest BCUT2D eigenvalue weighted by atomic mass is 32.1. The van der Waals surface area contributed by atoms with Gasteiger partial charge in [0, 0.05) is 63.9 Å². The summed E-state index contributed by atoms with van der Waals surface area (Å²) in [6, 6.07) is 9.44. The van der Waals surface area contributed by atoms with Crippen LogP contribution < -0.4 is 5.32 Å². The fraction of sp³-hybridized carbons (Fsp3) is 0.450. The number of hydrogen-bond acceptors (Lipinski definition) is 4. The van der Waals surface area contributed by atoms with Crippen molar-refractivity contribution in [2.24, 2.45) is 4.99 Å². The molecule has 1 aromatic carbocycles. The second-order valence-electron chi connectivity index (χ2n) is 6.60. The van der Waals surface area contributed by atoms with Crippen LogP contribution in [0.1, 0.15) is 16.0 Å². The summed E-state index contributed by atoms with van der Waals surface area (Å²) in [5.74, 6) is 0.662. The third-order valence-electron chi connectivity index (χ3n) is 4.70. The summed E-state index contributed by atoms with van der Waals surface area (Å²) >= 11 is 1.81. The van der Waals surface area contributed by atoms with E-state index in [1.807, 2.05) is 17.4 Å². The number of halogens is 1. The maximum absolute atomic E-state index is 13.7. The van der Waals surface area contributed by atoms with Gasteiger partial charge in [-0.1, -0.05) is 12.1 Å². The third kappa shape index (κ3) is 5.51. The number of ether oxygens (including phenoxy) is 1. The Kier molecular flexibility index (Phi) is 7.20. The Labute approximate surface area is 164 Å². The first-order valence-corrected chi connectivity index (χ1v) is 10.0. The molecule has 27 heavy (non-hydrogen) atoms. The number of guanidine groups is 1. The summed E-state index contributed by atoms with van der Waals surface area (Å²) in [4.78, 5) is 10.6. The lowest BCUT2D eigenvalue weighted by Gasteiger charge is -2.36. The van der Waals surface area contributed by atoms with E-state index in [0.29, 0.717) is 12.1 Å². The molecule has 5 nitrogen and oxygen atoms in total. The zero-order valence-corrected chi connectivity index (χ0v) is 16.8. The van der Waals surface area contributed by atoms with Crippen molar-refractivity contribution in [3.05, 3.63) is 57.5 Å². The number of piperazine rings is 1. The highest BCUT2D eigenvalue weighted by Gasteiger charge is 2.19. The van der Waals surface area contributed by atoms with E-state index < -0.39 is 0 Å². The molecular formula is C20H27FN4OS. The van der Waals surface area contributed by atoms with Crippen molar-refractivity contribution in [2.75, 3.05) is 40.3 Å². The molecule has 1 N–H and O–H groups in total. The van der Waals surface area contributed by atoms with Crippen LogP contribution in [-0.2, 0) is 24.4 Å². The van der Waals surface area contributed by atoms with Gasteiger partial charge in [-0.15, -0.1) is 11.3 Å². The van der Waals surface area contributed by atoms with E-state index in [1.165, 1.54) is 10.9 Å². The molecule has 0 amide bonds. The number of aliphatic imine (C=N–C) groups is 1. The Morgan fingerprint density at radius 1 is 1.26 bits per heavy atom. The van der Waals surface area contributed by atoms with Gasteiger partial charge in [-0.2, -0.15) is 0 Å². The van der Waals surface area contributed by atoms with E-state index >= 15 is 0 Å². The van der Waals surface area contributed by atoms with Crippen LogP contribution in [0.5, 0.6) is 0 Å². The van der Waals surface area contributed by atoms with Crippen LogP contribution in [0.2, 0.25) is 0 Å². The maximum Gasteiger partial charge on any atom is 0.194 e. The minimum atomic E-state index is -0.230. The van der Waals surface area contributed by atoms with Crippen molar-refractivity contribution >= 4 is 17.3 Å². The Morgan fingerprint density at radius 2 is 2.07 bits per heavy atom. The molecule has 0 atom stereocenters. The van der Waals surface area contributed by atoms with Gasteiger partial charge in [-0.05, 0) is 29.1 Å². The van der Waals surface area contributed by atoms with Crippen molar-refractivity contribution in [1.29, 1.82) is 0 Å². The summed E-state index contributed by atoms with van der Waals surface area (Å²) < 4.78 is 18.8. The molecule has 7 heteroatoms. The van der Waals surface area contributed by atoms with Gasteiger partial charge >= 0.3 is 0 Å². The predicted octanol–water partition coefficient (Wildman–Crippen LogP) is 2.93. The molecule has 0 bridgehead atoms. The number of hydrogen-bond donors (Lipinski definition) is 1. The SMILES string of the molecule is CN=C(NCc1ccc(F)c(COC)c1)N1CCN(Cc2cccs2)CC1. The zero-order valence-electron chi connectivity index (χ0n) is 15.9. The monoisotopic (exact) mass is 390 g/mol. The normalized spacial score (nSPS) is 16.0. The first-order valence-electron chi connectivity index (χ1n) is 9.16. The van der Waals surface area contributed by atoms with E-state index in [1.54, 1.807) is 20.2 Å². The molecule has 0 spiro atoms. The fourth-order valence-corrected chi connectivity index (χ4v) is 4.00. The maximum atomic E-state index is 13.7. The second kappa shape index (κ2) is 9.82. The largest absolute Gasteiger partial charge is 0.380 e. The first-order chi connectivity index (χ1) is 13.2. The molecule has 0 unspecified atom stereocenters.